The molecule has 0 aliphatic carbocycles. The Morgan fingerprint density at radius 3 is 2.95 bits per heavy atom. The number of hydrogen-bond acceptors (Lipinski definition) is 5. The molecule has 6 nitrogen and oxygen atoms in total. The topological polar surface area (TPSA) is 68.8 Å². The van der Waals surface area contributed by atoms with E-state index >= 15 is 0 Å². The van der Waals surface area contributed by atoms with Gasteiger partial charge in [0, 0.05) is 18.3 Å². The van der Waals surface area contributed by atoms with Gasteiger partial charge in [0.15, 0.2) is 0 Å². The van der Waals surface area contributed by atoms with Crippen LogP contribution in [0.3, 0.4) is 0 Å². The average Bonchev–Trinajstić information content (AvgIpc) is 3.17. The first kappa shape index (κ1) is 13.0. The Hall–Kier alpha value is -2.70. The van der Waals surface area contributed by atoms with Crippen LogP contribution in [0.25, 0.3) is 11.4 Å². The van der Waals surface area contributed by atoms with Gasteiger partial charge in [0.25, 0.3) is 0 Å². The van der Waals surface area contributed by atoms with Gasteiger partial charge in [-0.05, 0) is 43.2 Å². The fraction of sp³-hybridized carbons (Fsp3) is 0.267. The molecule has 1 unspecified atom stereocenters. The van der Waals surface area contributed by atoms with Gasteiger partial charge >= 0.3 is 6.01 Å². The lowest BCUT2D eigenvalue weighted by Crippen LogP contribution is -2.21. The number of fused-ring (bicyclic) bond motifs is 1. The molecule has 0 radical (unpaired) electrons. The van der Waals surface area contributed by atoms with Crippen LogP contribution in [0.1, 0.15) is 24.6 Å². The molecule has 22 heavy (non-hydrogen) atoms. The van der Waals surface area contributed by atoms with E-state index in [9.17, 15) is 4.39 Å². The molecule has 4 rings (SSSR count). The number of anilines is 1. The van der Waals surface area contributed by atoms with E-state index in [1.54, 1.807) is 18.3 Å². The predicted octanol–water partition coefficient (Wildman–Crippen LogP) is 3.02. The van der Waals surface area contributed by atoms with Crippen LogP contribution in [0.2, 0.25) is 0 Å². The van der Waals surface area contributed by atoms with Gasteiger partial charge in [-0.25, -0.2) is 4.39 Å². The van der Waals surface area contributed by atoms with Crippen molar-refractivity contribution in [1.82, 2.24) is 19.9 Å². The molecular weight excluding hydrogens is 285 g/mol. The van der Waals surface area contributed by atoms with Crippen LogP contribution in [-0.4, -0.2) is 19.9 Å². The second-order valence-corrected chi connectivity index (χ2v) is 5.25. The second kappa shape index (κ2) is 5.25. The van der Waals surface area contributed by atoms with Gasteiger partial charge in [-0.1, -0.05) is 5.16 Å². The number of halogens is 1. The molecule has 1 aromatic carbocycles. The molecule has 0 fully saturated rings. The smallest absolute Gasteiger partial charge is 0.322 e. The summed E-state index contributed by atoms with van der Waals surface area (Å²) in [6.07, 6.45) is 3.83. The lowest BCUT2D eigenvalue weighted by atomic mass is 10.0. The van der Waals surface area contributed by atoms with Gasteiger partial charge in [-0.3, -0.25) is 4.68 Å². The highest BCUT2D eigenvalue weighted by molar-refractivity contribution is 5.55. The minimum Gasteiger partial charge on any atom is -0.329 e. The van der Waals surface area contributed by atoms with Crippen molar-refractivity contribution < 1.29 is 8.91 Å². The van der Waals surface area contributed by atoms with Crippen LogP contribution >= 0.6 is 0 Å². The highest BCUT2D eigenvalue weighted by Crippen LogP contribution is 2.28. The molecular formula is C15H14FN5O. The molecule has 3 heterocycles. The van der Waals surface area contributed by atoms with Crippen LogP contribution in [-0.2, 0) is 6.54 Å². The predicted molar refractivity (Wildman–Crippen MR) is 77.5 cm³/mol. The minimum atomic E-state index is -0.291. The van der Waals surface area contributed by atoms with E-state index in [-0.39, 0.29) is 11.9 Å². The zero-order valence-electron chi connectivity index (χ0n) is 11.7. The van der Waals surface area contributed by atoms with E-state index in [0.717, 1.165) is 25.1 Å². The van der Waals surface area contributed by atoms with Crippen LogP contribution < -0.4 is 5.32 Å². The maximum Gasteiger partial charge on any atom is 0.322 e. The normalized spacial score (nSPS) is 17.2. The third-order valence-corrected chi connectivity index (χ3v) is 3.80. The Bertz CT molecular complexity index is 779. The average molecular weight is 299 g/mol. The van der Waals surface area contributed by atoms with Crippen molar-refractivity contribution in [2.24, 2.45) is 0 Å². The number of aryl methyl sites for hydroxylation is 1. The van der Waals surface area contributed by atoms with Crippen molar-refractivity contribution in [1.29, 1.82) is 0 Å². The van der Waals surface area contributed by atoms with E-state index in [2.05, 4.69) is 20.6 Å². The third kappa shape index (κ3) is 2.34. The summed E-state index contributed by atoms with van der Waals surface area (Å²) in [5.74, 6) is 0.146. The molecule has 1 aliphatic heterocycles. The molecule has 7 heteroatoms. The van der Waals surface area contributed by atoms with Gasteiger partial charge in [0.1, 0.15) is 5.82 Å². The Morgan fingerprint density at radius 2 is 2.09 bits per heavy atom. The molecule has 1 N–H and O–H groups in total. The molecule has 3 aromatic rings. The quantitative estimate of drug-likeness (QED) is 0.805. The van der Waals surface area contributed by atoms with Crippen LogP contribution in [0, 0.1) is 5.82 Å². The van der Waals surface area contributed by atoms with Gasteiger partial charge in [0.2, 0.25) is 5.82 Å². The summed E-state index contributed by atoms with van der Waals surface area (Å²) in [6, 6.07) is 8.46. The highest BCUT2D eigenvalue weighted by Gasteiger charge is 2.22. The van der Waals surface area contributed by atoms with E-state index in [0.29, 0.717) is 17.4 Å². The maximum absolute atomic E-state index is 12.9. The van der Waals surface area contributed by atoms with Gasteiger partial charge in [0.05, 0.1) is 11.7 Å². The van der Waals surface area contributed by atoms with E-state index in [4.69, 9.17) is 4.52 Å². The fourth-order valence-electron chi connectivity index (χ4n) is 2.71. The summed E-state index contributed by atoms with van der Waals surface area (Å²) < 4.78 is 20.2. The molecule has 2 aromatic heterocycles. The number of benzene rings is 1. The van der Waals surface area contributed by atoms with Crippen molar-refractivity contribution >= 4 is 6.01 Å². The Morgan fingerprint density at radius 1 is 1.23 bits per heavy atom. The van der Waals surface area contributed by atoms with Gasteiger partial charge < -0.3 is 9.84 Å². The third-order valence-electron chi connectivity index (χ3n) is 3.80. The van der Waals surface area contributed by atoms with Crippen molar-refractivity contribution in [2.45, 2.75) is 25.4 Å². The summed E-state index contributed by atoms with van der Waals surface area (Å²) in [7, 11) is 0. The number of rotatable bonds is 3. The van der Waals surface area contributed by atoms with Crippen molar-refractivity contribution in [3.63, 3.8) is 0 Å². The molecule has 1 atom stereocenters. The molecule has 0 saturated carbocycles. The van der Waals surface area contributed by atoms with Gasteiger partial charge in [-0.15, -0.1) is 0 Å². The maximum atomic E-state index is 12.9. The van der Waals surface area contributed by atoms with Gasteiger partial charge in [-0.2, -0.15) is 10.1 Å². The largest absolute Gasteiger partial charge is 0.329 e. The van der Waals surface area contributed by atoms with Crippen molar-refractivity contribution in [3.8, 4) is 11.4 Å². The molecule has 0 amide bonds. The molecule has 0 saturated heterocycles. The zero-order valence-corrected chi connectivity index (χ0v) is 11.7. The number of hydrogen-bond donors (Lipinski definition) is 1. The first-order valence-electron chi connectivity index (χ1n) is 7.17. The number of aromatic nitrogens is 4. The second-order valence-electron chi connectivity index (χ2n) is 5.25. The van der Waals surface area contributed by atoms with E-state index < -0.39 is 0 Å². The zero-order chi connectivity index (χ0) is 14.9. The van der Waals surface area contributed by atoms with Crippen LogP contribution in [0.5, 0.6) is 0 Å². The molecule has 1 aliphatic rings. The minimum absolute atomic E-state index is 0.109. The first-order chi connectivity index (χ1) is 10.8. The monoisotopic (exact) mass is 299 g/mol. The Balaban J connectivity index is 1.55. The summed E-state index contributed by atoms with van der Waals surface area (Å²) in [4.78, 5) is 4.32. The SMILES string of the molecule is Fc1ccc(-c2noc(NC3CCCn4nccc43)n2)cc1. The van der Waals surface area contributed by atoms with Crippen LogP contribution in [0.4, 0.5) is 10.4 Å². The number of nitrogens with one attached hydrogen (secondary N) is 1. The van der Waals surface area contributed by atoms with Crippen molar-refractivity contribution in [2.75, 3.05) is 5.32 Å². The highest BCUT2D eigenvalue weighted by atomic mass is 19.1. The molecule has 112 valence electrons. The number of nitrogens with zero attached hydrogens (tertiary/aromatic N) is 4. The van der Waals surface area contributed by atoms with E-state index in [1.165, 1.54) is 12.1 Å². The Labute approximate surface area is 126 Å². The summed E-state index contributed by atoms with van der Waals surface area (Å²) >= 11 is 0. The molecule has 0 spiro atoms. The summed E-state index contributed by atoms with van der Waals surface area (Å²) in [6.45, 7) is 0.936. The molecule has 0 bridgehead atoms. The lowest BCUT2D eigenvalue weighted by Gasteiger charge is -2.23. The summed E-state index contributed by atoms with van der Waals surface area (Å²) in [5.41, 5.74) is 1.83. The lowest BCUT2D eigenvalue weighted by molar-refractivity contribution is 0.406. The van der Waals surface area contributed by atoms with E-state index in [1.807, 2.05) is 10.7 Å². The van der Waals surface area contributed by atoms with Crippen LogP contribution in [0.15, 0.2) is 41.1 Å². The standard InChI is InChI=1S/C15H14FN5O/c16-11-5-3-10(4-6-11)14-19-15(22-20-14)18-12-2-1-9-21-13(12)7-8-17-21/h3-8,12H,1-2,9H2,(H,18,19,20). The first-order valence-corrected chi connectivity index (χ1v) is 7.17. The Kier molecular flexibility index (Phi) is 3.10. The van der Waals surface area contributed by atoms with Crippen molar-refractivity contribution in [3.05, 3.63) is 48.0 Å². The summed E-state index contributed by atoms with van der Waals surface area (Å²) in [5, 5.41) is 11.5. The fourth-order valence-corrected chi connectivity index (χ4v) is 2.71.